The second kappa shape index (κ2) is 8.12. The maximum atomic E-state index is 10.5. The van der Waals surface area contributed by atoms with Crippen molar-refractivity contribution in [2.45, 2.75) is 117 Å². The van der Waals surface area contributed by atoms with Gasteiger partial charge in [-0.2, -0.15) is 0 Å². The second-order valence-corrected chi connectivity index (χ2v) is 12.8. The molecule has 0 amide bonds. The number of aliphatic hydroxyl groups is 2. The molecule has 2 heteroatoms. The van der Waals surface area contributed by atoms with E-state index in [2.05, 4.69) is 34.6 Å². The molecule has 0 aromatic rings. The van der Waals surface area contributed by atoms with Gasteiger partial charge in [-0.1, -0.05) is 53.9 Å². The summed E-state index contributed by atoms with van der Waals surface area (Å²) < 4.78 is 0. The summed E-state index contributed by atoms with van der Waals surface area (Å²) in [5, 5.41) is 20.8. The molecule has 0 unspecified atom stereocenters. The number of hydrogen-bond donors (Lipinski definition) is 2. The van der Waals surface area contributed by atoms with Crippen LogP contribution >= 0.6 is 0 Å². The van der Waals surface area contributed by atoms with Gasteiger partial charge in [-0.3, -0.25) is 0 Å². The van der Waals surface area contributed by atoms with Crippen LogP contribution in [0.3, 0.4) is 0 Å². The number of aliphatic hydroxyl groups excluding tert-OH is 2. The van der Waals surface area contributed by atoms with Crippen LogP contribution < -0.4 is 0 Å². The third kappa shape index (κ3) is 3.73. The number of hydrogen-bond acceptors (Lipinski definition) is 2. The maximum absolute atomic E-state index is 10.5. The second-order valence-electron chi connectivity index (χ2n) is 12.8. The molecule has 10 atom stereocenters. The Morgan fingerprint density at radius 2 is 1.55 bits per heavy atom. The minimum Gasteiger partial charge on any atom is -0.390 e. The molecule has 4 saturated carbocycles. The molecular formula is C27H48O2. The van der Waals surface area contributed by atoms with Crippen molar-refractivity contribution in [2.24, 2.45) is 52.3 Å². The summed E-state index contributed by atoms with van der Waals surface area (Å²) >= 11 is 0. The van der Waals surface area contributed by atoms with Crippen molar-refractivity contribution in [3.8, 4) is 0 Å². The van der Waals surface area contributed by atoms with Crippen LogP contribution in [0.25, 0.3) is 0 Å². The van der Waals surface area contributed by atoms with Crippen molar-refractivity contribution in [1.82, 2.24) is 0 Å². The molecule has 0 aromatic heterocycles. The number of rotatable bonds is 5. The summed E-state index contributed by atoms with van der Waals surface area (Å²) in [7, 11) is 0. The van der Waals surface area contributed by atoms with Gasteiger partial charge < -0.3 is 10.2 Å². The van der Waals surface area contributed by atoms with E-state index in [1.807, 2.05) is 0 Å². The molecule has 4 aliphatic carbocycles. The van der Waals surface area contributed by atoms with Gasteiger partial charge >= 0.3 is 0 Å². The summed E-state index contributed by atoms with van der Waals surface area (Å²) in [6, 6.07) is 0. The average Bonchev–Trinajstić information content (AvgIpc) is 3.00. The Balaban J connectivity index is 1.47. The third-order valence-electron chi connectivity index (χ3n) is 10.9. The molecule has 4 aliphatic rings. The topological polar surface area (TPSA) is 40.5 Å². The van der Waals surface area contributed by atoms with E-state index in [9.17, 15) is 10.2 Å². The highest BCUT2D eigenvalue weighted by atomic mass is 16.3. The first-order chi connectivity index (χ1) is 13.7. The van der Waals surface area contributed by atoms with E-state index in [4.69, 9.17) is 0 Å². The fraction of sp³-hybridized carbons (Fsp3) is 1.00. The first kappa shape index (κ1) is 22.1. The van der Waals surface area contributed by atoms with Crippen molar-refractivity contribution < 1.29 is 10.2 Å². The molecule has 2 nitrogen and oxygen atoms in total. The van der Waals surface area contributed by atoms with Crippen molar-refractivity contribution >= 4 is 0 Å². The average molecular weight is 405 g/mol. The van der Waals surface area contributed by atoms with Gasteiger partial charge in [0.05, 0.1) is 12.2 Å². The standard InChI is InChI=1S/C27H48O2/c1-17(2)7-6-8-18(3)21-11-12-22-20-10-9-19-15-24(28)25(29)16-27(19,5)23(20)13-14-26(21,22)4/h17-25,28-29H,6-16H2,1-5H3/t18-,19+,20+,21-,22+,23+,24-,25-,26-,27+/m1/s1. The zero-order valence-electron chi connectivity index (χ0n) is 19.9. The van der Waals surface area contributed by atoms with Crippen LogP contribution in [0.15, 0.2) is 0 Å². The van der Waals surface area contributed by atoms with E-state index in [1.165, 1.54) is 57.8 Å². The van der Waals surface area contributed by atoms with Crippen LogP contribution in [-0.4, -0.2) is 22.4 Å². The van der Waals surface area contributed by atoms with Gasteiger partial charge in [-0.25, -0.2) is 0 Å². The van der Waals surface area contributed by atoms with Crippen LogP contribution in [-0.2, 0) is 0 Å². The third-order valence-corrected chi connectivity index (χ3v) is 10.9. The van der Waals surface area contributed by atoms with Crippen LogP contribution in [0.4, 0.5) is 0 Å². The Kier molecular flexibility index (Phi) is 6.19. The van der Waals surface area contributed by atoms with E-state index in [0.717, 1.165) is 48.3 Å². The summed E-state index contributed by atoms with van der Waals surface area (Å²) in [6.45, 7) is 12.4. The highest BCUT2D eigenvalue weighted by Gasteiger charge is 2.61. The molecule has 0 bridgehead atoms. The first-order valence-electron chi connectivity index (χ1n) is 13.0. The Morgan fingerprint density at radius 1 is 0.828 bits per heavy atom. The van der Waals surface area contributed by atoms with Gasteiger partial charge in [0.15, 0.2) is 0 Å². The lowest BCUT2D eigenvalue weighted by Crippen LogP contribution is -2.56. The van der Waals surface area contributed by atoms with Crippen molar-refractivity contribution in [3.63, 3.8) is 0 Å². The molecule has 0 spiro atoms. The maximum Gasteiger partial charge on any atom is 0.0804 e. The fourth-order valence-electron chi connectivity index (χ4n) is 9.30. The van der Waals surface area contributed by atoms with Crippen LogP contribution in [0.5, 0.6) is 0 Å². The molecule has 29 heavy (non-hydrogen) atoms. The summed E-state index contributed by atoms with van der Waals surface area (Å²) in [4.78, 5) is 0. The normalized spacial score (nSPS) is 50.7. The lowest BCUT2D eigenvalue weighted by Gasteiger charge is -2.61. The van der Waals surface area contributed by atoms with E-state index in [1.54, 1.807) is 0 Å². The Morgan fingerprint density at radius 3 is 2.28 bits per heavy atom. The molecule has 0 saturated heterocycles. The van der Waals surface area contributed by atoms with Crippen LogP contribution in [0.1, 0.15) is 105 Å². The predicted octanol–water partition coefficient (Wildman–Crippen LogP) is 6.44. The van der Waals surface area contributed by atoms with E-state index >= 15 is 0 Å². The smallest absolute Gasteiger partial charge is 0.0804 e. The van der Waals surface area contributed by atoms with Gasteiger partial charge in [0.2, 0.25) is 0 Å². The van der Waals surface area contributed by atoms with Crippen LogP contribution in [0, 0.1) is 52.3 Å². The molecule has 0 heterocycles. The SMILES string of the molecule is CC(C)CCC[C@@H](C)[C@H]1CC[C@H]2[C@@H]3CC[C@H]4C[C@@H](O)[C@H](O)C[C@]4(C)[C@H]3CC[C@]12C. The lowest BCUT2D eigenvalue weighted by molar-refractivity contribution is -0.160. The molecule has 0 aromatic carbocycles. The number of fused-ring (bicyclic) bond motifs is 5. The Hall–Kier alpha value is -0.0800. The van der Waals surface area contributed by atoms with Crippen molar-refractivity contribution in [3.05, 3.63) is 0 Å². The van der Waals surface area contributed by atoms with Gasteiger partial charge in [0.25, 0.3) is 0 Å². The Bertz CT molecular complexity index is 573. The molecule has 168 valence electrons. The first-order valence-corrected chi connectivity index (χ1v) is 13.0. The summed E-state index contributed by atoms with van der Waals surface area (Å²) in [5.74, 6) is 5.80. The van der Waals surface area contributed by atoms with Gasteiger partial charge in [-0.05, 0) is 104 Å². The predicted molar refractivity (Wildman–Crippen MR) is 120 cm³/mol. The van der Waals surface area contributed by atoms with Crippen molar-refractivity contribution in [1.29, 1.82) is 0 Å². The molecule has 0 radical (unpaired) electrons. The van der Waals surface area contributed by atoms with Crippen molar-refractivity contribution in [2.75, 3.05) is 0 Å². The zero-order valence-corrected chi connectivity index (χ0v) is 19.9. The molecule has 0 aliphatic heterocycles. The molecular weight excluding hydrogens is 356 g/mol. The molecule has 4 fully saturated rings. The molecule has 4 rings (SSSR count). The monoisotopic (exact) mass is 404 g/mol. The summed E-state index contributed by atoms with van der Waals surface area (Å²) in [6.07, 6.45) is 13.2. The minimum absolute atomic E-state index is 0.254. The summed E-state index contributed by atoms with van der Waals surface area (Å²) in [5.41, 5.74) is 0.804. The largest absolute Gasteiger partial charge is 0.390 e. The highest BCUT2D eigenvalue weighted by Crippen LogP contribution is 2.68. The van der Waals surface area contributed by atoms with Gasteiger partial charge in [-0.15, -0.1) is 0 Å². The zero-order chi connectivity index (χ0) is 21.0. The quantitative estimate of drug-likeness (QED) is 0.553. The van der Waals surface area contributed by atoms with Gasteiger partial charge in [0, 0.05) is 0 Å². The van der Waals surface area contributed by atoms with E-state index in [-0.39, 0.29) is 5.41 Å². The minimum atomic E-state index is -0.499. The lowest BCUT2D eigenvalue weighted by atomic mass is 9.44. The molecule has 2 N–H and O–H groups in total. The highest BCUT2D eigenvalue weighted by molar-refractivity contribution is 5.10. The van der Waals surface area contributed by atoms with E-state index < -0.39 is 12.2 Å². The fourth-order valence-corrected chi connectivity index (χ4v) is 9.30. The van der Waals surface area contributed by atoms with Gasteiger partial charge in [0.1, 0.15) is 0 Å². The van der Waals surface area contributed by atoms with Crippen LogP contribution in [0.2, 0.25) is 0 Å². The Labute approximate surface area is 180 Å². The van der Waals surface area contributed by atoms with E-state index in [0.29, 0.717) is 11.3 Å².